The second-order valence-corrected chi connectivity index (χ2v) is 34.0. The molecule has 0 amide bonds. The van der Waals surface area contributed by atoms with Crippen LogP contribution in [0, 0.1) is 0 Å². The Morgan fingerprint density at radius 1 is 0.639 bits per heavy atom. The van der Waals surface area contributed by atoms with Gasteiger partial charge < -0.3 is 0 Å². The SMILES string of the molecule is CC(C)(C)[Si](C)(C)c1cc(Br)c(Cc2cc3sc(Cc4[se]c([Si](C)(C)C(C)(C)C)cc4Br)cc3s2)[se]1. The Labute approximate surface area is 257 Å². The first-order valence-corrected chi connectivity index (χ1v) is 25.1. The van der Waals surface area contributed by atoms with Gasteiger partial charge in [0, 0.05) is 0 Å². The van der Waals surface area contributed by atoms with Crippen molar-refractivity contribution in [2.45, 2.75) is 90.6 Å². The van der Waals surface area contributed by atoms with Crippen LogP contribution in [0.15, 0.2) is 33.2 Å². The van der Waals surface area contributed by atoms with Gasteiger partial charge >= 0.3 is 260 Å². The average molecular weight is 813 g/mol. The van der Waals surface area contributed by atoms with Crippen LogP contribution in [0.25, 0.3) is 9.40 Å². The van der Waals surface area contributed by atoms with E-state index in [1.54, 1.807) is 17.0 Å². The summed E-state index contributed by atoms with van der Waals surface area (Å²) < 4.78 is 12.5. The Bertz CT molecular complexity index is 1260. The summed E-state index contributed by atoms with van der Waals surface area (Å²) >= 11 is 12.9. The molecule has 0 aliphatic carbocycles. The quantitative estimate of drug-likeness (QED) is 0.171. The maximum atomic E-state index is 3.93. The molecule has 0 fully saturated rings. The molecule has 4 heterocycles. The molecule has 4 aromatic heterocycles. The summed E-state index contributed by atoms with van der Waals surface area (Å²) in [5, 5.41) is 0.800. The standard InChI is InChI=1S/C28H38Br2S2Se2Si2/c1-27(2,3)35(7,8)25-15-19(29)23(33-25)13-17-11-21-22(31-17)12-18(32-21)14-24-20(30)16-26(34-24)36(9,10)28(4,5)6/h11-12,15-16H,13-14H2,1-10H3. The van der Waals surface area contributed by atoms with Gasteiger partial charge in [-0.15, -0.1) is 0 Å². The summed E-state index contributed by atoms with van der Waals surface area (Å²) in [6.45, 7) is 24.8. The fraction of sp³-hybridized carbons (Fsp3) is 0.500. The molecule has 196 valence electrons. The van der Waals surface area contributed by atoms with E-state index < -0.39 is 16.1 Å². The van der Waals surface area contributed by atoms with Crippen molar-refractivity contribution in [1.82, 2.24) is 0 Å². The van der Waals surface area contributed by atoms with Crippen LogP contribution in [-0.2, 0) is 12.8 Å². The van der Waals surface area contributed by atoms with Gasteiger partial charge in [-0.2, -0.15) is 0 Å². The predicted molar refractivity (Wildman–Crippen MR) is 181 cm³/mol. The van der Waals surface area contributed by atoms with Gasteiger partial charge in [-0.05, 0) is 0 Å². The van der Waals surface area contributed by atoms with Crippen molar-refractivity contribution in [2.75, 3.05) is 0 Å². The van der Waals surface area contributed by atoms with E-state index >= 15 is 0 Å². The first-order chi connectivity index (χ1) is 16.4. The molecule has 8 heteroatoms. The molecule has 0 saturated carbocycles. The molecule has 0 atom stereocenters. The zero-order valence-corrected chi connectivity index (χ0v) is 33.3. The average Bonchev–Trinajstić information content (AvgIpc) is 3.45. The Hall–Kier alpha value is 1.05. The van der Waals surface area contributed by atoms with Crippen molar-refractivity contribution in [3.63, 3.8) is 0 Å². The summed E-state index contributed by atoms with van der Waals surface area (Å²) in [4.78, 5) is 3.04. The molecule has 0 unspecified atom stereocenters. The van der Waals surface area contributed by atoms with E-state index in [9.17, 15) is 0 Å². The van der Waals surface area contributed by atoms with Crippen LogP contribution in [0.3, 0.4) is 0 Å². The van der Waals surface area contributed by atoms with Crippen LogP contribution in [0.2, 0.25) is 36.3 Å². The fourth-order valence-electron chi connectivity index (χ4n) is 3.84. The molecule has 0 bridgehead atoms. The van der Waals surface area contributed by atoms with Crippen LogP contribution in [-0.4, -0.2) is 45.2 Å². The molecule has 0 N–H and O–H groups in total. The van der Waals surface area contributed by atoms with Gasteiger partial charge in [-0.3, -0.25) is 0 Å². The molecule has 4 rings (SSSR count). The minimum atomic E-state index is -1.44. The predicted octanol–water partition coefficient (Wildman–Crippen LogP) is 9.21. The van der Waals surface area contributed by atoms with E-state index in [2.05, 4.69) is 124 Å². The molecular formula is C28H38Br2S2Se2Si2. The number of hydrogen-bond acceptors (Lipinski definition) is 2. The number of thiophene rings is 2. The van der Waals surface area contributed by atoms with Crippen molar-refractivity contribution in [3.8, 4) is 0 Å². The summed E-state index contributed by atoms with van der Waals surface area (Å²) in [5.41, 5.74) is 0. The normalized spacial score (nSPS) is 13.8. The third-order valence-corrected chi connectivity index (χ3v) is 35.1. The van der Waals surface area contributed by atoms with Gasteiger partial charge in [-0.1, -0.05) is 0 Å². The summed E-state index contributed by atoms with van der Waals surface area (Å²) in [5.74, 6) is 0. The van der Waals surface area contributed by atoms with Gasteiger partial charge in [0.25, 0.3) is 0 Å². The second kappa shape index (κ2) is 10.5. The maximum absolute atomic E-state index is 3.93. The second-order valence-electron chi connectivity index (χ2n) is 13.0. The summed E-state index contributed by atoms with van der Waals surface area (Å²) in [6, 6.07) is 9.93. The van der Waals surface area contributed by atoms with Gasteiger partial charge in [0.2, 0.25) is 0 Å². The van der Waals surface area contributed by atoms with Crippen LogP contribution in [0.5, 0.6) is 0 Å². The molecule has 0 radical (unpaired) electrons. The van der Waals surface area contributed by atoms with Crippen LogP contribution < -0.4 is 8.12 Å². The zero-order chi connectivity index (χ0) is 26.8. The van der Waals surface area contributed by atoms with Crippen LogP contribution in [0.1, 0.15) is 60.2 Å². The number of rotatable bonds is 6. The third-order valence-electron chi connectivity index (χ3n) is 8.48. The van der Waals surface area contributed by atoms with E-state index in [4.69, 9.17) is 0 Å². The molecule has 0 aliphatic heterocycles. The van der Waals surface area contributed by atoms with E-state index in [1.807, 2.05) is 22.7 Å². The zero-order valence-electron chi connectivity index (χ0n) is 23.1. The van der Waals surface area contributed by atoms with Crippen LogP contribution >= 0.6 is 54.5 Å². The van der Waals surface area contributed by atoms with Crippen molar-refractivity contribution >= 4 is 117 Å². The van der Waals surface area contributed by atoms with E-state index in [0.29, 0.717) is 39.1 Å². The Balaban J connectivity index is 1.52. The monoisotopic (exact) mass is 812 g/mol. The summed E-state index contributed by atoms with van der Waals surface area (Å²) in [7, 11) is -2.87. The summed E-state index contributed by atoms with van der Waals surface area (Å²) in [6.07, 6.45) is 2.21. The van der Waals surface area contributed by atoms with Gasteiger partial charge in [-0.25, -0.2) is 0 Å². The molecule has 0 nitrogen and oxygen atoms in total. The van der Waals surface area contributed by atoms with Crippen molar-refractivity contribution in [2.24, 2.45) is 0 Å². The van der Waals surface area contributed by atoms with Crippen molar-refractivity contribution in [1.29, 1.82) is 0 Å². The Kier molecular flexibility index (Phi) is 8.73. The van der Waals surface area contributed by atoms with Crippen molar-refractivity contribution < 1.29 is 0 Å². The van der Waals surface area contributed by atoms with E-state index in [1.165, 1.54) is 28.1 Å². The first kappa shape index (κ1) is 30.0. The van der Waals surface area contributed by atoms with Gasteiger partial charge in [0.1, 0.15) is 0 Å². The Morgan fingerprint density at radius 3 is 1.28 bits per heavy atom. The molecule has 4 aromatic rings. The first-order valence-electron chi connectivity index (χ1n) is 12.5. The molecule has 0 aliphatic rings. The van der Waals surface area contributed by atoms with Gasteiger partial charge in [0.05, 0.1) is 0 Å². The molecule has 0 aromatic carbocycles. The minimum absolute atomic E-state index is 0.400. The third kappa shape index (κ3) is 5.89. The molecule has 0 saturated heterocycles. The fourth-order valence-corrected chi connectivity index (χ4v) is 24.2. The molecule has 0 spiro atoms. The van der Waals surface area contributed by atoms with E-state index in [-0.39, 0.29) is 0 Å². The number of fused-ring (bicyclic) bond motifs is 1. The Morgan fingerprint density at radius 2 is 0.972 bits per heavy atom. The molecular weight excluding hydrogens is 774 g/mol. The van der Waals surface area contributed by atoms with Crippen molar-refractivity contribution in [3.05, 3.63) is 51.8 Å². The van der Waals surface area contributed by atoms with Crippen LogP contribution in [0.4, 0.5) is 0 Å². The van der Waals surface area contributed by atoms with E-state index in [0.717, 1.165) is 12.8 Å². The number of halogens is 2. The van der Waals surface area contributed by atoms with Gasteiger partial charge in [0.15, 0.2) is 0 Å². The number of hydrogen-bond donors (Lipinski definition) is 0. The topological polar surface area (TPSA) is 0 Å². The molecule has 36 heavy (non-hydrogen) atoms.